The summed E-state index contributed by atoms with van der Waals surface area (Å²) in [5.41, 5.74) is 8.31. The highest BCUT2D eigenvalue weighted by atomic mass is 35.5. The van der Waals surface area contributed by atoms with Crippen molar-refractivity contribution in [1.29, 1.82) is 5.26 Å². The molecule has 0 saturated carbocycles. The van der Waals surface area contributed by atoms with E-state index < -0.39 is 6.04 Å². The summed E-state index contributed by atoms with van der Waals surface area (Å²) in [5.74, 6) is 0.249. The van der Waals surface area contributed by atoms with Crippen LogP contribution in [0.25, 0.3) is 6.08 Å². The number of nitrogens with two attached hydrogens (primary N) is 1. The third-order valence-electron chi connectivity index (χ3n) is 5.57. The fourth-order valence-corrected chi connectivity index (χ4v) is 4.17. The first-order valence-corrected chi connectivity index (χ1v) is 10.8. The smallest absolute Gasteiger partial charge is 0.247 e. The summed E-state index contributed by atoms with van der Waals surface area (Å²) in [7, 11) is 0. The summed E-state index contributed by atoms with van der Waals surface area (Å²) in [6, 6.07) is 6.71. The molecular formula is C22H24ClN7O2. The minimum Gasteiger partial charge on any atom is -0.381 e. The Morgan fingerprint density at radius 2 is 2.19 bits per heavy atom. The van der Waals surface area contributed by atoms with Gasteiger partial charge in [-0.2, -0.15) is 10.2 Å². The number of rotatable bonds is 5. The molecule has 166 valence electrons. The molecule has 2 aliphatic heterocycles. The van der Waals surface area contributed by atoms with Gasteiger partial charge in [0.2, 0.25) is 11.9 Å². The maximum atomic E-state index is 13.3. The Hall–Kier alpha value is -3.35. The van der Waals surface area contributed by atoms with E-state index in [1.165, 1.54) is 6.20 Å². The average molecular weight is 454 g/mol. The minimum absolute atomic E-state index is 0.0649. The number of ether oxygens (including phenoxy) is 1. The standard InChI is InChI=1S/C22H24ClN7O2/c1-12(27-20-14(10-24)11-26-22(25)30-20)17-9-13-3-2-4-16(23)18(13)19(29-17)21(31)28-15-5-7-32-8-6-15/h2-4,9,11-12,15,19,29H,5-8H2,1H3,(H,28,31)(H3,25,26,27,30)/t12-,19?/m0/s1. The lowest BCUT2D eigenvalue weighted by atomic mass is 9.93. The fourth-order valence-electron chi connectivity index (χ4n) is 3.88. The molecule has 1 fully saturated rings. The molecule has 1 saturated heterocycles. The first-order chi connectivity index (χ1) is 15.5. The number of benzene rings is 1. The number of fused-ring (bicyclic) bond motifs is 1. The van der Waals surface area contributed by atoms with E-state index in [4.69, 9.17) is 22.1 Å². The molecule has 1 aromatic heterocycles. The average Bonchev–Trinajstić information content (AvgIpc) is 2.79. The van der Waals surface area contributed by atoms with Crippen molar-refractivity contribution in [3.05, 3.63) is 51.8 Å². The zero-order chi connectivity index (χ0) is 22.7. The summed E-state index contributed by atoms with van der Waals surface area (Å²) in [6.45, 7) is 3.17. The quantitative estimate of drug-likeness (QED) is 0.541. The molecule has 5 N–H and O–H groups in total. The molecule has 32 heavy (non-hydrogen) atoms. The van der Waals surface area contributed by atoms with E-state index in [9.17, 15) is 10.1 Å². The van der Waals surface area contributed by atoms with Gasteiger partial charge in [-0.1, -0.05) is 23.7 Å². The number of aromatic nitrogens is 2. The van der Waals surface area contributed by atoms with E-state index in [2.05, 4.69) is 32.0 Å². The first kappa shape index (κ1) is 21.9. The van der Waals surface area contributed by atoms with Gasteiger partial charge in [0, 0.05) is 35.5 Å². The van der Waals surface area contributed by atoms with Gasteiger partial charge < -0.3 is 26.4 Å². The Morgan fingerprint density at radius 3 is 2.94 bits per heavy atom. The minimum atomic E-state index is -0.656. The number of nitriles is 1. The number of carbonyl (C=O) groups is 1. The van der Waals surface area contributed by atoms with Gasteiger partial charge in [0.05, 0.1) is 12.2 Å². The molecule has 0 radical (unpaired) electrons. The lowest BCUT2D eigenvalue weighted by Crippen LogP contribution is -2.47. The number of hydrogen-bond acceptors (Lipinski definition) is 8. The van der Waals surface area contributed by atoms with Gasteiger partial charge in [-0.05, 0) is 37.5 Å². The van der Waals surface area contributed by atoms with Gasteiger partial charge >= 0.3 is 0 Å². The molecule has 2 aliphatic rings. The molecule has 0 bridgehead atoms. The van der Waals surface area contributed by atoms with Crippen molar-refractivity contribution >= 4 is 35.4 Å². The van der Waals surface area contributed by atoms with Crippen molar-refractivity contribution in [2.75, 3.05) is 24.3 Å². The lowest BCUT2D eigenvalue weighted by Gasteiger charge is -2.33. The molecule has 4 rings (SSSR count). The predicted octanol–water partition coefficient (Wildman–Crippen LogP) is 2.36. The van der Waals surface area contributed by atoms with Crippen LogP contribution in [0.1, 0.15) is 42.5 Å². The molecule has 1 aromatic carbocycles. The first-order valence-electron chi connectivity index (χ1n) is 10.4. The maximum absolute atomic E-state index is 13.3. The Kier molecular flexibility index (Phi) is 6.44. The van der Waals surface area contributed by atoms with Crippen molar-refractivity contribution in [3.8, 4) is 6.07 Å². The largest absolute Gasteiger partial charge is 0.381 e. The van der Waals surface area contributed by atoms with Crippen LogP contribution in [0, 0.1) is 11.3 Å². The van der Waals surface area contributed by atoms with E-state index in [-0.39, 0.29) is 29.5 Å². The second-order valence-electron chi connectivity index (χ2n) is 7.78. The molecule has 0 aliphatic carbocycles. The molecule has 2 aromatic rings. The fraction of sp³-hybridized carbons (Fsp3) is 0.364. The molecular weight excluding hydrogens is 430 g/mol. The van der Waals surface area contributed by atoms with Crippen LogP contribution in [-0.4, -0.2) is 41.2 Å². The topological polar surface area (TPSA) is 138 Å². The number of amides is 1. The zero-order valence-electron chi connectivity index (χ0n) is 17.6. The summed E-state index contributed by atoms with van der Waals surface area (Å²) in [4.78, 5) is 21.2. The number of nitrogens with one attached hydrogen (secondary N) is 3. The van der Waals surface area contributed by atoms with E-state index >= 15 is 0 Å². The van der Waals surface area contributed by atoms with Crippen molar-refractivity contribution in [3.63, 3.8) is 0 Å². The summed E-state index contributed by atoms with van der Waals surface area (Å²) in [5, 5.41) is 19.5. The third kappa shape index (κ3) is 4.61. The highest BCUT2D eigenvalue weighted by Crippen LogP contribution is 2.34. The Bertz CT molecular complexity index is 1090. The normalized spacial score (nSPS) is 19.0. The molecule has 0 spiro atoms. The molecule has 10 heteroatoms. The third-order valence-corrected chi connectivity index (χ3v) is 5.90. The number of nitrogens with zero attached hydrogens (tertiary/aromatic N) is 3. The molecule has 1 unspecified atom stereocenters. The van der Waals surface area contributed by atoms with Crippen LogP contribution in [0.2, 0.25) is 5.02 Å². The summed E-state index contributed by atoms with van der Waals surface area (Å²) in [6.07, 6.45) is 4.87. The SMILES string of the molecule is C[C@H](Nc1nc(N)ncc1C#N)C1=Cc2cccc(Cl)c2C(C(=O)NC2CCOCC2)N1. The number of carbonyl (C=O) groups excluding carboxylic acids is 1. The summed E-state index contributed by atoms with van der Waals surface area (Å²) >= 11 is 6.49. The van der Waals surface area contributed by atoms with Crippen molar-refractivity contribution in [1.82, 2.24) is 20.6 Å². The highest BCUT2D eigenvalue weighted by molar-refractivity contribution is 6.32. The van der Waals surface area contributed by atoms with E-state index in [1.807, 2.05) is 25.1 Å². The van der Waals surface area contributed by atoms with Crippen molar-refractivity contribution < 1.29 is 9.53 Å². The van der Waals surface area contributed by atoms with E-state index in [0.717, 1.165) is 29.7 Å². The van der Waals surface area contributed by atoms with Crippen LogP contribution < -0.4 is 21.7 Å². The van der Waals surface area contributed by atoms with Gasteiger partial charge in [0.25, 0.3) is 0 Å². The van der Waals surface area contributed by atoms with Crippen LogP contribution in [0.15, 0.2) is 30.1 Å². The number of halogens is 1. The van der Waals surface area contributed by atoms with Crippen LogP contribution in [0.3, 0.4) is 0 Å². The second-order valence-corrected chi connectivity index (χ2v) is 8.19. The number of hydrogen-bond donors (Lipinski definition) is 4. The van der Waals surface area contributed by atoms with Crippen LogP contribution >= 0.6 is 11.6 Å². The van der Waals surface area contributed by atoms with E-state index in [1.54, 1.807) is 6.07 Å². The Labute approximate surface area is 191 Å². The monoisotopic (exact) mass is 453 g/mol. The van der Waals surface area contributed by atoms with Crippen LogP contribution in [0.4, 0.5) is 11.8 Å². The van der Waals surface area contributed by atoms with Gasteiger partial charge in [0.1, 0.15) is 23.5 Å². The molecule has 1 amide bonds. The number of nitrogen functional groups attached to an aromatic ring is 1. The summed E-state index contributed by atoms with van der Waals surface area (Å²) < 4.78 is 5.39. The highest BCUT2D eigenvalue weighted by Gasteiger charge is 2.32. The van der Waals surface area contributed by atoms with Gasteiger partial charge in [-0.3, -0.25) is 4.79 Å². The van der Waals surface area contributed by atoms with Gasteiger partial charge in [-0.15, -0.1) is 0 Å². The lowest BCUT2D eigenvalue weighted by molar-refractivity contribution is -0.124. The van der Waals surface area contributed by atoms with Gasteiger partial charge in [0.15, 0.2) is 0 Å². The Morgan fingerprint density at radius 1 is 1.41 bits per heavy atom. The second kappa shape index (κ2) is 9.42. The Balaban J connectivity index is 1.60. The molecule has 9 nitrogen and oxygen atoms in total. The number of anilines is 2. The van der Waals surface area contributed by atoms with Crippen LogP contribution in [0.5, 0.6) is 0 Å². The predicted molar refractivity (Wildman–Crippen MR) is 122 cm³/mol. The molecule has 3 heterocycles. The van der Waals surface area contributed by atoms with E-state index in [0.29, 0.717) is 24.1 Å². The van der Waals surface area contributed by atoms with Crippen LogP contribution in [-0.2, 0) is 9.53 Å². The zero-order valence-corrected chi connectivity index (χ0v) is 18.3. The van der Waals surface area contributed by atoms with Crippen molar-refractivity contribution in [2.45, 2.75) is 37.9 Å². The van der Waals surface area contributed by atoms with Gasteiger partial charge in [-0.25, -0.2) is 4.98 Å². The maximum Gasteiger partial charge on any atom is 0.247 e. The van der Waals surface area contributed by atoms with Crippen molar-refractivity contribution in [2.24, 2.45) is 0 Å². The molecule has 2 atom stereocenters.